The molecule has 90 heavy (non-hydrogen) atoms. The van der Waals surface area contributed by atoms with E-state index in [4.69, 9.17) is 0 Å². The van der Waals surface area contributed by atoms with Crippen molar-refractivity contribution in [2.24, 2.45) is 0 Å². The molecule has 2 aliphatic heterocycles. The highest BCUT2D eigenvalue weighted by atomic mass is 32.2. The van der Waals surface area contributed by atoms with E-state index in [9.17, 15) is 45.6 Å². The third kappa shape index (κ3) is 17.6. The van der Waals surface area contributed by atoms with Gasteiger partial charge in [0.15, 0.2) is 0 Å². The summed E-state index contributed by atoms with van der Waals surface area (Å²) in [7, 11) is -4.08. The summed E-state index contributed by atoms with van der Waals surface area (Å²) in [6.07, 6.45) is 11.8. The molecule has 2 aliphatic rings. The Morgan fingerprint density at radius 1 is 0.489 bits per heavy atom. The molecule has 7 aromatic rings. The minimum atomic E-state index is -4.05. The van der Waals surface area contributed by atoms with Gasteiger partial charge in [-0.1, -0.05) is 137 Å². The number of fused-ring (bicyclic) bond motifs is 4. The molecule has 0 fully saturated rings. The predicted molar refractivity (Wildman–Crippen MR) is 359 cm³/mol. The third-order valence-electron chi connectivity index (χ3n) is 16.6. The molecule has 4 N–H and O–H groups in total. The molecule has 1 aromatic heterocycles. The molecule has 3 amide bonds. The lowest BCUT2D eigenvalue weighted by Gasteiger charge is -2.27. The minimum absolute atomic E-state index is 0.0571. The predicted octanol–water partition coefficient (Wildman–Crippen LogP) is 12.2. The Morgan fingerprint density at radius 3 is 1.43 bits per heavy atom. The zero-order valence-electron chi connectivity index (χ0n) is 53.2. The van der Waals surface area contributed by atoms with Crippen LogP contribution in [0, 0.1) is 13.8 Å². The molecule has 2 unspecified atom stereocenters. The van der Waals surface area contributed by atoms with Crippen molar-refractivity contribution in [3.8, 4) is 0 Å². The fourth-order valence-corrected chi connectivity index (χ4v) is 14.9. The van der Waals surface area contributed by atoms with Gasteiger partial charge in [-0.3, -0.25) is 37.4 Å². The standard InChI is InChI=1S/C29H35N3O4S.C24H30N2O4S.C18H24N2O2/c1-4-22(33)13-6-5-9-19-30-29(34)27-20-21-12-7-8-16-25(21)32(27)37(35,36)28-18-11-14-23-24(28)15-10-17-26(23)31(2)3;1-3-20(27)10-5-4-8-16-25-24(28)23-17-19-9-6-7-11-22(19)26(23)31(29,30)21-14-12-18(2)13-15-21;1-3-14(21)9-5-4-8-12-19-18(22)17-13(2)15-10-6-7-11-16(15)20-17/h7-8,10-12,14-18,27H,4-6,9,13,19-20H2,1-3H3,(H,30,34);6-7,9,11-15,23H,3-5,8,10,16-17H2,1-2H3,(H,25,28);6-7,10-11,20H,3-5,8-9,12H2,1-2H3,(H,19,22). The number of ketones is 3. The molecule has 0 aliphatic carbocycles. The van der Waals surface area contributed by atoms with Gasteiger partial charge in [0.2, 0.25) is 11.8 Å². The lowest BCUT2D eigenvalue weighted by Crippen LogP contribution is -2.48. The largest absolute Gasteiger partial charge is 0.377 e. The molecule has 9 rings (SSSR count). The van der Waals surface area contributed by atoms with E-state index >= 15 is 0 Å². The number of para-hydroxylation sites is 3. The topological polar surface area (TPSA) is 232 Å². The lowest BCUT2D eigenvalue weighted by atomic mass is 10.1. The Morgan fingerprint density at radius 2 is 0.933 bits per heavy atom. The van der Waals surface area contributed by atoms with Crippen LogP contribution in [0.2, 0.25) is 0 Å². The van der Waals surface area contributed by atoms with E-state index in [0.29, 0.717) is 99.2 Å². The quantitative estimate of drug-likeness (QED) is 0.0322. The van der Waals surface area contributed by atoms with Crippen molar-refractivity contribution in [3.63, 3.8) is 0 Å². The first kappa shape index (κ1) is 69.3. The Labute approximate surface area is 531 Å². The van der Waals surface area contributed by atoms with Gasteiger partial charge in [0.25, 0.3) is 26.0 Å². The fraction of sp³-hybridized carbons (Fsp3) is 0.408. The molecular weight excluding hydrogens is 1170 g/mol. The van der Waals surface area contributed by atoms with Crippen molar-refractivity contribution in [2.45, 2.75) is 166 Å². The Bertz CT molecular complexity index is 3860. The van der Waals surface area contributed by atoms with E-state index in [1.54, 1.807) is 60.7 Å². The maximum absolute atomic E-state index is 14.2. The maximum atomic E-state index is 14.2. The maximum Gasteiger partial charge on any atom is 0.268 e. The van der Waals surface area contributed by atoms with Crippen LogP contribution in [-0.2, 0) is 56.9 Å². The van der Waals surface area contributed by atoms with Crippen LogP contribution in [0.5, 0.6) is 0 Å². The molecule has 0 radical (unpaired) electrons. The van der Waals surface area contributed by atoms with Crippen molar-refractivity contribution in [2.75, 3.05) is 47.2 Å². The van der Waals surface area contributed by atoms with Crippen LogP contribution in [0.1, 0.15) is 150 Å². The number of amides is 3. The molecule has 0 spiro atoms. The number of aromatic amines is 1. The van der Waals surface area contributed by atoms with Crippen LogP contribution < -0.4 is 29.5 Å². The number of rotatable bonds is 29. The van der Waals surface area contributed by atoms with Crippen molar-refractivity contribution >= 4 is 93.9 Å². The first-order chi connectivity index (χ1) is 43.2. The number of H-pyrrole nitrogens is 1. The Kier molecular flexibility index (Phi) is 25.5. The number of carbonyl (C=O) groups excluding carboxylic acids is 6. The minimum Gasteiger partial charge on any atom is -0.377 e. The van der Waals surface area contributed by atoms with Gasteiger partial charge in [-0.05, 0) is 112 Å². The lowest BCUT2D eigenvalue weighted by molar-refractivity contribution is -0.122. The number of sulfonamides is 2. The second-order valence-corrected chi connectivity index (χ2v) is 26.9. The molecule has 0 saturated heterocycles. The Hall–Kier alpha value is -8.16. The monoisotopic (exact) mass is 1260 g/mol. The van der Waals surface area contributed by atoms with Gasteiger partial charge < -0.3 is 25.8 Å². The van der Waals surface area contributed by atoms with Gasteiger partial charge in [0.05, 0.1) is 21.2 Å². The Balaban J connectivity index is 0.000000198. The second kappa shape index (κ2) is 33.1. The van der Waals surface area contributed by atoms with Crippen molar-refractivity contribution in [1.82, 2.24) is 20.9 Å². The normalized spacial score (nSPS) is 14.2. The molecule has 2 atom stereocenters. The molecule has 19 heteroatoms. The number of aromatic nitrogens is 1. The van der Waals surface area contributed by atoms with E-state index in [1.807, 2.05) is 126 Å². The smallest absolute Gasteiger partial charge is 0.268 e. The first-order valence-electron chi connectivity index (χ1n) is 31.7. The second-order valence-electron chi connectivity index (χ2n) is 23.3. The molecule has 0 bridgehead atoms. The molecule has 480 valence electrons. The highest BCUT2D eigenvalue weighted by Crippen LogP contribution is 2.40. The number of aryl methyl sites for hydroxylation is 2. The number of hydrogen-bond donors (Lipinski definition) is 4. The number of nitrogens with one attached hydrogen (secondary N) is 4. The fourth-order valence-electron chi connectivity index (χ4n) is 11.4. The highest BCUT2D eigenvalue weighted by molar-refractivity contribution is 7.93. The van der Waals surface area contributed by atoms with Crippen LogP contribution >= 0.6 is 0 Å². The van der Waals surface area contributed by atoms with Gasteiger partial charge in [-0.15, -0.1) is 0 Å². The van der Waals surface area contributed by atoms with Crippen molar-refractivity contribution in [1.29, 1.82) is 0 Å². The molecule has 6 aromatic carbocycles. The molecule has 17 nitrogen and oxygen atoms in total. The van der Waals surface area contributed by atoms with Crippen molar-refractivity contribution in [3.05, 3.63) is 161 Å². The SMILES string of the molecule is CCC(=O)CCCCCNC(=O)C1Cc2ccccc2N1S(=O)(=O)c1ccc(C)cc1.CCC(=O)CCCCCNC(=O)C1Cc2ccccc2N1S(=O)(=O)c1cccc2c(N(C)C)cccc12.CCC(=O)CCCCCNC(=O)c1[nH]c2ccccc2c1C. The zero-order chi connectivity index (χ0) is 65.0. The van der Waals surface area contributed by atoms with E-state index in [-0.39, 0.29) is 39.1 Å². The summed E-state index contributed by atoms with van der Waals surface area (Å²) in [5.74, 6) is 0.163. The number of Topliss-reactive ketones (excluding diaryl/α,β-unsaturated/α-hetero) is 3. The summed E-state index contributed by atoms with van der Waals surface area (Å²) in [5, 5.41) is 11.3. The summed E-state index contributed by atoms with van der Waals surface area (Å²) in [6.45, 7) is 11.0. The molecular formula is C71H89N7O10S2. The van der Waals surface area contributed by atoms with Crippen LogP contribution in [-0.4, -0.2) is 103 Å². The average Bonchev–Trinajstić information content (AvgIpc) is 1.45. The van der Waals surface area contributed by atoms with Gasteiger partial charge in [0, 0.05) is 112 Å². The van der Waals surface area contributed by atoms with Crippen LogP contribution in [0.25, 0.3) is 21.7 Å². The number of carbonyl (C=O) groups is 6. The number of benzene rings is 6. The van der Waals surface area contributed by atoms with Crippen LogP contribution in [0.4, 0.5) is 17.1 Å². The molecule has 0 saturated carbocycles. The zero-order valence-corrected chi connectivity index (χ0v) is 54.9. The molecule has 3 heterocycles. The van der Waals surface area contributed by atoms with Gasteiger partial charge in [-0.2, -0.15) is 0 Å². The summed E-state index contributed by atoms with van der Waals surface area (Å²) < 4.78 is 57.9. The van der Waals surface area contributed by atoms with E-state index in [0.717, 1.165) is 102 Å². The number of hydrogen-bond acceptors (Lipinski definition) is 11. The van der Waals surface area contributed by atoms with Gasteiger partial charge in [-0.25, -0.2) is 16.8 Å². The number of anilines is 3. The van der Waals surface area contributed by atoms with E-state index in [2.05, 4.69) is 20.9 Å². The van der Waals surface area contributed by atoms with E-state index < -0.39 is 32.1 Å². The van der Waals surface area contributed by atoms with Gasteiger partial charge >= 0.3 is 0 Å². The average molecular weight is 1260 g/mol. The first-order valence-corrected chi connectivity index (χ1v) is 34.6. The van der Waals surface area contributed by atoms with Crippen LogP contribution in [0.3, 0.4) is 0 Å². The summed E-state index contributed by atoms with van der Waals surface area (Å²) >= 11 is 0. The summed E-state index contributed by atoms with van der Waals surface area (Å²) in [4.78, 5) is 78.0. The number of nitrogens with zero attached hydrogens (tertiary/aromatic N) is 3. The summed E-state index contributed by atoms with van der Waals surface area (Å²) in [5.41, 5.74) is 7.28. The van der Waals surface area contributed by atoms with Crippen LogP contribution in [0.15, 0.2) is 143 Å². The summed E-state index contributed by atoms with van der Waals surface area (Å²) in [6, 6.07) is 38.4. The number of unbranched alkanes of at least 4 members (excludes halogenated alkanes) is 6. The third-order valence-corrected chi connectivity index (χ3v) is 20.3. The highest BCUT2D eigenvalue weighted by Gasteiger charge is 2.44. The van der Waals surface area contributed by atoms with E-state index in [1.165, 1.54) is 8.61 Å². The van der Waals surface area contributed by atoms with Gasteiger partial charge in [0.1, 0.15) is 35.1 Å². The van der Waals surface area contributed by atoms with Crippen molar-refractivity contribution < 1.29 is 45.6 Å².